The van der Waals surface area contributed by atoms with E-state index in [1.807, 2.05) is 6.92 Å². The molecule has 0 radical (unpaired) electrons. The number of carbonyl (C=O) groups excluding carboxylic acids is 1. The van der Waals surface area contributed by atoms with Gasteiger partial charge >= 0.3 is 0 Å². The summed E-state index contributed by atoms with van der Waals surface area (Å²) in [4.78, 5) is 19.9. The summed E-state index contributed by atoms with van der Waals surface area (Å²) in [6, 6.07) is 0. The number of piperazine rings is 1. The van der Waals surface area contributed by atoms with E-state index in [4.69, 9.17) is 5.11 Å². The molecule has 1 amide bonds. The van der Waals surface area contributed by atoms with Gasteiger partial charge in [0.1, 0.15) is 6.61 Å². The summed E-state index contributed by atoms with van der Waals surface area (Å²) in [5.74, 6) is -0.155. The molecule has 1 N–H and O–H groups in total. The predicted octanol–water partition coefficient (Wildman–Crippen LogP) is 0.521. The maximum atomic E-state index is 11.3. The van der Waals surface area contributed by atoms with Gasteiger partial charge in [0, 0.05) is 31.6 Å². The summed E-state index contributed by atoms with van der Waals surface area (Å²) >= 11 is 1.70. The second-order valence-corrected chi connectivity index (χ2v) is 5.90. The van der Waals surface area contributed by atoms with Crippen LogP contribution in [0.25, 0.3) is 0 Å². The number of thiazole rings is 1. The Hall–Kier alpha value is -0.980. The third-order valence-corrected chi connectivity index (χ3v) is 4.26. The van der Waals surface area contributed by atoms with Crippen molar-refractivity contribution in [1.82, 2.24) is 14.8 Å². The van der Waals surface area contributed by atoms with E-state index in [9.17, 15) is 4.79 Å². The van der Waals surface area contributed by atoms with Gasteiger partial charge in [-0.15, -0.1) is 11.3 Å². The first-order valence-electron chi connectivity index (χ1n) is 6.71. The lowest BCUT2D eigenvalue weighted by Gasteiger charge is -2.34. The molecule has 1 aromatic rings. The van der Waals surface area contributed by atoms with Gasteiger partial charge in [-0.05, 0) is 26.3 Å². The van der Waals surface area contributed by atoms with Crippen LogP contribution in [0.3, 0.4) is 0 Å². The van der Waals surface area contributed by atoms with Gasteiger partial charge < -0.3 is 10.0 Å². The third-order valence-electron chi connectivity index (χ3n) is 3.43. The highest BCUT2D eigenvalue weighted by Gasteiger charge is 2.19. The topological polar surface area (TPSA) is 56.7 Å². The highest BCUT2D eigenvalue weighted by atomic mass is 32.1. The van der Waals surface area contributed by atoms with Crippen molar-refractivity contribution in [3.8, 4) is 0 Å². The van der Waals surface area contributed by atoms with E-state index in [1.54, 1.807) is 16.2 Å². The Labute approximate surface area is 117 Å². The van der Waals surface area contributed by atoms with Crippen LogP contribution in [0.2, 0.25) is 0 Å². The summed E-state index contributed by atoms with van der Waals surface area (Å²) in [5.41, 5.74) is 1.19. The lowest BCUT2D eigenvalue weighted by atomic mass is 10.2. The molecule has 2 rings (SSSR count). The molecule has 1 fully saturated rings. The van der Waals surface area contributed by atoms with Crippen molar-refractivity contribution >= 4 is 17.2 Å². The van der Waals surface area contributed by atoms with Crippen molar-refractivity contribution in [2.24, 2.45) is 0 Å². The lowest BCUT2D eigenvalue weighted by molar-refractivity contribution is -0.135. The standard InChI is InChI=1S/C13H21N3O2S/c1-11-14-12(10-19-11)3-2-4-15-5-7-16(8-6-15)13(18)9-17/h10,17H,2-9H2,1H3. The van der Waals surface area contributed by atoms with Crippen molar-refractivity contribution in [3.63, 3.8) is 0 Å². The van der Waals surface area contributed by atoms with Crippen LogP contribution in [0.5, 0.6) is 0 Å². The van der Waals surface area contributed by atoms with Gasteiger partial charge in [0.25, 0.3) is 0 Å². The van der Waals surface area contributed by atoms with Gasteiger partial charge in [-0.25, -0.2) is 4.98 Å². The average molecular weight is 283 g/mol. The summed E-state index contributed by atoms with van der Waals surface area (Å²) in [6.45, 7) is 5.99. The van der Waals surface area contributed by atoms with Gasteiger partial charge in [-0.1, -0.05) is 0 Å². The molecule has 0 aliphatic carbocycles. The Bertz CT molecular complexity index is 414. The molecule has 0 bridgehead atoms. The Morgan fingerprint density at radius 2 is 2.16 bits per heavy atom. The monoisotopic (exact) mass is 283 g/mol. The number of aryl methyl sites for hydroxylation is 2. The zero-order valence-electron chi connectivity index (χ0n) is 11.3. The molecule has 0 spiro atoms. The zero-order chi connectivity index (χ0) is 13.7. The minimum atomic E-state index is -0.372. The van der Waals surface area contributed by atoms with Gasteiger partial charge in [0.2, 0.25) is 5.91 Å². The number of aromatic nitrogens is 1. The van der Waals surface area contributed by atoms with Crippen molar-refractivity contribution < 1.29 is 9.90 Å². The summed E-state index contributed by atoms with van der Waals surface area (Å²) in [6.07, 6.45) is 2.14. The molecule has 1 aliphatic rings. The fourth-order valence-corrected chi connectivity index (χ4v) is 2.97. The van der Waals surface area contributed by atoms with Crippen LogP contribution in [0, 0.1) is 6.92 Å². The Balaban J connectivity index is 1.64. The fraction of sp³-hybridized carbons (Fsp3) is 0.692. The van der Waals surface area contributed by atoms with E-state index in [2.05, 4.69) is 15.3 Å². The number of carbonyl (C=O) groups is 1. The Morgan fingerprint density at radius 3 is 2.74 bits per heavy atom. The number of amides is 1. The molecule has 19 heavy (non-hydrogen) atoms. The SMILES string of the molecule is Cc1nc(CCCN2CCN(C(=O)CO)CC2)cs1. The summed E-state index contributed by atoms with van der Waals surface area (Å²) in [5, 5.41) is 12.1. The minimum Gasteiger partial charge on any atom is -0.387 e. The molecule has 5 nitrogen and oxygen atoms in total. The van der Waals surface area contributed by atoms with E-state index >= 15 is 0 Å². The van der Waals surface area contributed by atoms with Crippen molar-refractivity contribution in [3.05, 3.63) is 16.1 Å². The van der Waals surface area contributed by atoms with Crippen LogP contribution >= 0.6 is 11.3 Å². The van der Waals surface area contributed by atoms with Crippen LogP contribution in [0.15, 0.2) is 5.38 Å². The molecule has 1 aromatic heterocycles. The van der Waals surface area contributed by atoms with Gasteiger partial charge in [-0.2, -0.15) is 0 Å². The predicted molar refractivity (Wildman–Crippen MR) is 75.3 cm³/mol. The maximum absolute atomic E-state index is 11.3. The van der Waals surface area contributed by atoms with Crippen LogP contribution in [-0.2, 0) is 11.2 Å². The number of rotatable bonds is 5. The third kappa shape index (κ3) is 4.26. The molecule has 1 saturated heterocycles. The zero-order valence-corrected chi connectivity index (χ0v) is 12.2. The second kappa shape index (κ2) is 6.98. The van der Waals surface area contributed by atoms with E-state index in [0.29, 0.717) is 0 Å². The lowest BCUT2D eigenvalue weighted by Crippen LogP contribution is -2.49. The van der Waals surface area contributed by atoms with E-state index in [0.717, 1.165) is 50.6 Å². The minimum absolute atomic E-state index is 0.155. The van der Waals surface area contributed by atoms with Crippen molar-refractivity contribution in [2.75, 3.05) is 39.3 Å². The number of aliphatic hydroxyl groups is 1. The molecule has 0 unspecified atom stereocenters. The van der Waals surface area contributed by atoms with Gasteiger partial charge in [-0.3, -0.25) is 9.69 Å². The first-order chi connectivity index (χ1) is 9.19. The van der Waals surface area contributed by atoms with Crippen molar-refractivity contribution in [1.29, 1.82) is 0 Å². The average Bonchev–Trinajstić information content (AvgIpc) is 2.84. The van der Waals surface area contributed by atoms with Gasteiger partial charge in [0.05, 0.1) is 10.7 Å². The van der Waals surface area contributed by atoms with Crippen LogP contribution < -0.4 is 0 Å². The Morgan fingerprint density at radius 1 is 1.42 bits per heavy atom. The van der Waals surface area contributed by atoms with Gasteiger partial charge in [0.15, 0.2) is 0 Å². The second-order valence-electron chi connectivity index (χ2n) is 4.84. The number of hydrogen-bond acceptors (Lipinski definition) is 5. The van der Waals surface area contributed by atoms with E-state index in [1.165, 1.54) is 5.69 Å². The van der Waals surface area contributed by atoms with Crippen LogP contribution in [0.4, 0.5) is 0 Å². The van der Waals surface area contributed by atoms with Crippen molar-refractivity contribution in [2.45, 2.75) is 19.8 Å². The first-order valence-corrected chi connectivity index (χ1v) is 7.59. The molecule has 106 valence electrons. The quantitative estimate of drug-likeness (QED) is 0.856. The normalized spacial score (nSPS) is 16.8. The van der Waals surface area contributed by atoms with Crippen LogP contribution in [-0.4, -0.2) is 65.1 Å². The number of hydrogen-bond donors (Lipinski definition) is 1. The molecule has 0 saturated carbocycles. The number of aliphatic hydroxyl groups excluding tert-OH is 1. The smallest absolute Gasteiger partial charge is 0.248 e. The molecular formula is C13H21N3O2S. The fourth-order valence-electron chi connectivity index (χ4n) is 2.33. The summed E-state index contributed by atoms with van der Waals surface area (Å²) < 4.78 is 0. The molecule has 1 aliphatic heterocycles. The molecule has 0 aromatic carbocycles. The summed E-state index contributed by atoms with van der Waals surface area (Å²) in [7, 11) is 0. The first kappa shape index (κ1) is 14.4. The highest BCUT2D eigenvalue weighted by Crippen LogP contribution is 2.10. The van der Waals surface area contributed by atoms with Crippen LogP contribution in [0.1, 0.15) is 17.1 Å². The molecular weight excluding hydrogens is 262 g/mol. The van der Waals surface area contributed by atoms with E-state index in [-0.39, 0.29) is 12.5 Å². The molecule has 0 atom stereocenters. The number of nitrogens with zero attached hydrogens (tertiary/aromatic N) is 3. The largest absolute Gasteiger partial charge is 0.387 e. The Kier molecular flexibility index (Phi) is 5.30. The maximum Gasteiger partial charge on any atom is 0.248 e. The van der Waals surface area contributed by atoms with E-state index < -0.39 is 0 Å². The molecule has 2 heterocycles. The molecule has 6 heteroatoms. The highest BCUT2D eigenvalue weighted by molar-refractivity contribution is 7.09.